The van der Waals surface area contributed by atoms with E-state index < -0.39 is 0 Å². The quantitative estimate of drug-likeness (QED) is 0.228. The minimum absolute atomic E-state index is 0.179. The molecule has 5 aromatic rings. The summed E-state index contributed by atoms with van der Waals surface area (Å²) in [6, 6.07) is 12.6. The zero-order valence-corrected chi connectivity index (χ0v) is 25.9. The van der Waals surface area contributed by atoms with E-state index in [0.717, 1.165) is 116 Å². The van der Waals surface area contributed by atoms with Crippen molar-refractivity contribution < 1.29 is 14.2 Å². The van der Waals surface area contributed by atoms with Gasteiger partial charge >= 0.3 is 0 Å². The monoisotopic (exact) mass is 608 g/mol. The number of nitrogens with one attached hydrogen (secondary N) is 2. The van der Waals surface area contributed by atoms with Gasteiger partial charge in [0, 0.05) is 77.1 Å². The summed E-state index contributed by atoms with van der Waals surface area (Å²) in [5, 5.41) is 3.58. The maximum absolute atomic E-state index is 5.60. The Bertz CT molecular complexity index is 1800. The number of morpholine rings is 1. The lowest BCUT2D eigenvalue weighted by atomic mass is 9.88. The molecule has 10 heteroatoms. The molecule has 0 atom stereocenters. The van der Waals surface area contributed by atoms with E-state index in [2.05, 4.69) is 45.3 Å². The van der Waals surface area contributed by atoms with Crippen molar-refractivity contribution in [2.45, 2.75) is 31.6 Å². The third kappa shape index (κ3) is 4.86. The second kappa shape index (κ2) is 11.4. The molecule has 0 radical (unpaired) electrons. The maximum atomic E-state index is 5.60. The molecule has 0 saturated carbocycles. The molecule has 0 amide bonds. The fourth-order valence-electron chi connectivity index (χ4n) is 6.94. The molecule has 1 fully saturated rings. The molecular formula is C34H36N6O3S. The average molecular weight is 609 g/mol. The topological polar surface area (TPSA) is 100 Å². The highest BCUT2D eigenvalue weighted by atomic mass is 32.1. The molecule has 2 aromatic carbocycles. The predicted molar refractivity (Wildman–Crippen MR) is 177 cm³/mol. The molecule has 8 rings (SSSR count). The Morgan fingerprint density at radius 3 is 1.95 bits per heavy atom. The third-order valence-electron chi connectivity index (χ3n) is 9.21. The van der Waals surface area contributed by atoms with Crippen molar-refractivity contribution in [2.75, 3.05) is 58.5 Å². The number of aliphatic imine (C=N–C) groups is 2. The van der Waals surface area contributed by atoms with E-state index in [9.17, 15) is 0 Å². The van der Waals surface area contributed by atoms with E-state index in [-0.39, 0.29) is 5.92 Å². The van der Waals surface area contributed by atoms with Crippen LogP contribution in [0.3, 0.4) is 0 Å². The summed E-state index contributed by atoms with van der Waals surface area (Å²) in [6.07, 6.45) is 5.58. The fraction of sp³-hybridized carbons (Fsp3) is 0.382. The number of anilines is 1. The molecule has 0 bridgehead atoms. The Hall–Kier alpha value is -4.15. The van der Waals surface area contributed by atoms with E-state index in [1.54, 1.807) is 25.6 Å². The van der Waals surface area contributed by atoms with Crippen molar-refractivity contribution in [1.82, 2.24) is 15.0 Å². The number of H-pyrrole nitrogens is 2. The summed E-state index contributed by atoms with van der Waals surface area (Å²) in [7, 11) is 3.43. The zero-order valence-electron chi connectivity index (χ0n) is 25.1. The Morgan fingerprint density at radius 1 is 0.841 bits per heavy atom. The Labute approximate surface area is 260 Å². The number of benzene rings is 2. The number of thiazole rings is 1. The van der Waals surface area contributed by atoms with Gasteiger partial charge in [0.2, 0.25) is 0 Å². The van der Waals surface area contributed by atoms with Crippen LogP contribution in [0.1, 0.15) is 46.2 Å². The van der Waals surface area contributed by atoms with E-state index in [1.165, 1.54) is 26.8 Å². The number of aromatic amines is 2. The Balaban J connectivity index is 1.16. The summed E-state index contributed by atoms with van der Waals surface area (Å²) in [5.74, 6) is 1.89. The maximum Gasteiger partial charge on any atom is 0.185 e. The van der Waals surface area contributed by atoms with Crippen LogP contribution >= 0.6 is 11.3 Å². The Morgan fingerprint density at radius 2 is 1.41 bits per heavy atom. The second-order valence-electron chi connectivity index (χ2n) is 11.7. The molecule has 3 aliphatic rings. The zero-order chi connectivity index (χ0) is 29.6. The number of hydrogen-bond acceptors (Lipinski definition) is 8. The number of nitrogens with zero attached hydrogens (tertiary/aromatic N) is 4. The minimum Gasteiger partial charge on any atom is -0.497 e. The standard InChI is InChI=1S/C34H36N6O3S/c1-41-21-3-5-23-25-7-9-35-29(32(25)38-27(23)17-21)15-20(31-19-37-34(44-31)40-11-13-43-14-12-40)16-30-33-26(8-10-36-30)24-6-4-22(42-2)18-28(24)39-33/h3-6,17-20,38-39H,7-16H2,1-2H3. The van der Waals surface area contributed by atoms with Crippen molar-refractivity contribution in [2.24, 2.45) is 9.98 Å². The molecule has 0 aliphatic carbocycles. The highest BCUT2D eigenvalue weighted by molar-refractivity contribution is 7.15. The summed E-state index contributed by atoms with van der Waals surface area (Å²) in [5.41, 5.74) is 9.48. The lowest BCUT2D eigenvalue weighted by molar-refractivity contribution is 0.122. The van der Waals surface area contributed by atoms with Gasteiger partial charge in [-0.25, -0.2) is 4.98 Å². The summed E-state index contributed by atoms with van der Waals surface area (Å²) in [6.45, 7) is 4.83. The number of hydrogen-bond donors (Lipinski definition) is 2. The van der Waals surface area contributed by atoms with Crippen molar-refractivity contribution in [3.63, 3.8) is 0 Å². The van der Waals surface area contributed by atoms with Crippen LogP contribution in [0, 0.1) is 0 Å². The molecule has 0 unspecified atom stereocenters. The SMILES string of the molecule is COc1ccc2c3c([nH]c2c1)C(CC(CC1=NCCc2c1[nH]c1cc(OC)ccc21)c1cnc(N2CCOCC2)s1)=NCC3. The second-order valence-corrected chi connectivity index (χ2v) is 12.7. The first-order chi connectivity index (χ1) is 21.7. The number of ether oxygens (including phenoxy) is 3. The van der Waals surface area contributed by atoms with E-state index in [1.807, 2.05) is 12.1 Å². The molecule has 1 saturated heterocycles. The molecule has 2 N–H and O–H groups in total. The summed E-state index contributed by atoms with van der Waals surface area (Å²) >= 11 is 1.80. The van der Waals surface area contributed by atoms with Gasteiger partial charge in [-0.3, -0.25) is 9.98 Å². The molecule has 9 nitrogen and oxygen atoms in total. The van der Waals surface area contributed by atoms with Crippen LogP contribution < -0.4 is 14.4 Å². The number of aromatic nitrogens is 3. The van der Waals surface area contributed by atoms with Crippen LogP contribution in [0.25, 0.3) is 21.8 Å². The van der Waals surface area contributed by atoms with Gasteiger partial charge in [0.05, 0.1) is 50.2 Å². The van der Waals surface area contributed by atoms with E-state index >= 15 is 0 Å². The van der Waals surface area contributed by atoms with E-state index in [0.29, 0.717) is 0 Å². The van der Waals surface area contributed by atoms with Crippen molar-refractivity contribution >= 4 is 49.7 Å². The normalized spacial score (nSPS) is 16.7. The van der Waals surface area contributed by atoms with Gasteiger partial charge in [-0.1, -0.05) is 0 Å². The molecule has 44 heavy (non-hydrogen) atoms. The van der Waals surface area contributed by atoms with Crippen molar-refractivity contribution in [3.05, 3.63) is 70.0 Å². The van der Waals surface area contributed by atoms with Gasteiger partial charge in [-0.05, 0) is 61.1 Å². The van der Waals surface area contributed by atoms with Crippen LogP contribution in [0.15, 0.2) is 52.6 Å². The van der Waals surface area contributed by atoms with Gasteiger partial charge in [0.1, 0.15) is 11.5 Å². The van der Waals surface area contributed by atoms with Crippen LogP contribution in [-0.2, 0) is 17.6 Å². The minimum atomic E-state index is 0.179. The third-order valence-corrected chi connectivity index (χ3v) is 10.4. The number of rotatable bonds is 8. The van der Waals surface area contributed by atoms with Gasteiger partial charge < -0.3 is 29.1 Å². The first kappa shape index (κ1) is 27.4. The molecular weight excluding hydrogens is 572 g/mol. The highest BCUT2D eigenvalue weighted by Crippen LogP contribution is 2.39. The lowest BCUT2D eigenvalue weighted by Crippen LogP contribution is -2.36. The van der Waals surface area contributed by atoms with Gasteiger partial charge in [0.15, 0.2) is 5.13 Å². The van der Waals surface area contributed by atoms with Crippen molar-refractivity contribution in [3.8, 4) is 11.5 Å². The molecule has 3 aliphatic heterocycles. The van der Waals surface area contributed by atoms with Crippen LogP contribution in [0.4, 0.5) is 5.13 Å². The van der Waals surface area contributed by atoms with Gasteiger partial charge in [0.25, 0.3) is 0 Å². The summed E-state index contributed by atoms with van der Waals surface area (Å²) in [4.78, 5) is 26.2. The van der Waals surface area contributed by atoms with E-state index in [4.69, 9.17) is 29.2 Å². The summed E-state index contributed by atoms with van der Waals surface area (Å²) < 4.78 is 16.6. The number of methoxy groups -OCH3 is 2. The Kier molecular flexibility index (Phi) is 7.10. The van der Waals surface area contributed by atoms with Crippen LogP contribution in [0.5, 0.6) is 11.5 Å². The molecule has 6 heterocycles. The molecule has 226 valence electrons. The highest BCUT2D eigenvalue weighted by Gasteiger charge is 2.29. The number of fused-ring (bicyclic) bond motifs is 6. The first-order valence-corrected chi connectivity index (χ1v) is 16.2. The van der Waals surface area contributed by atoms with Gasteiger partial charge in [-0.15, -0.1) is 11.3 Å². The molecule has 3 aromatic heterocycles. The first-order valence-electron chi connectivity index (χ1n) is 15.4. The smallest absolute Gasteiger partial charge is 0.185 e. The van der Waals surface area contributed by atoms with Crippen LogP contribution in [0.2, 0.25) is 0 Å². The average Bonchev–Trinajstić information content (AvgIpc) is 3.80. The molecule has 0 spiro atoms. The lowest BCUT2D eigenvalue weighted by Gasteiger charge is -2.26. The fourth-order valence-corrected chi connectivity index (χ4v) is 8.01. The van der Waals surface area contributed by atoms with Crippen LogP contribution in [-0.4, -0.2) is 80.0 Å². The van der Waals surface area contributed by atoms with Gasteiger partial charge in [-0.2, -0.15) is 0 Å². The largest absolute Gasteiger partial charge is 0.497 e. The predicted octanol–water partition coefficient (Wildman–Crippen LogP) is 5.91. The van der Waals surface area contributed by atoms with Crippen molar-refractivity contribution in [1.29, 1.82) is 0 Å².